The monoisotopic (exact) mass is 249 g/mol. The summed E-state index contributed by atoms with van der Waals surface area (Å²) in [6.07, 6.45) is 0.970. The second kappa shape index (κ2) is 5.12. The van der Waals surface area contributed by atoms with Crippen LogP contribution < -0.4 is 11.1 Å². The number of aromatic nitrogens is 1. The number of hydrogen-bond acceptors (Lipinski definition) is 4. The molecule has 0 fully saturated rings. The number of nitrogens with two attached hydrogens (primary N) is 1. The highest BCUT2D eigenvalue weighted by molar-refractivity contribution is 7.18. The Morgan fingerprint density at radius 2 is 2.12 bits per heavy atom. The van der Waals surface area contributed by atoms with Gasteiger partial charge in [0.1, 0.15) is 5.01 Å². The van der Waals surface area contributed by atoms with Gasteiger partial charge in [-0.25, -0.2) is 4.98 Å². The molecule has 2 rings (SSSR count). The van der Waals surface area contributed by atoms with Crippen molar-refractivity contribution in [2.45, 2.75) is 32.4 Å². The summed E-state index contributed by atoms with van der Waals surface area (Å²) in [5.41, 5.74) is 6.92. The fourth-order valence-electron chi connectivity index (χ4n) is 1.60. The maximum Gasteiger partial charge on any atom is 0.108 e. The highest BCUT2D eigenvalue weighted by atomic mass is 32.1. The number of para-hydroxylation sites is 1. The highest BCUT2D eigenvalue weighted by Gasteiger charge is 2.09. The van der Waals surface area contributed by atoms with E-state index in [9.17, 15) is 0 Å². The van der Waals surface area contributed by atoms with E-state index >= 15 is 0 Å². The third-order valence-corrected chi connectivity index (χ3v) is 3.60. The summed E-state index contributed by atoms with van der Waals surface area (Å²) in [6, 6.07) is 8.24. The Kier molecular flexibility index (Phi) is 3.76. The fourth-order valence-corrected chi connectivity index (χ4v) is 2.54. The molecule has 0 saturated carbocycles. The average molecular weight is 249 g/mol. The van der Waals surface area contributed by atoms with Crippen molar-refractivity contribution < 1.29 is 0 Å². The third-order valence-electron chi connectivity index (χ3n) is 2.56. The molecule has 92 valence electrons. The van der Waals surface area contributed by atoms with Crippen molar-refractivity contribution in [1.29, 1.82) is 0 Å². The van der Waals surface area contributed by atoms with Crippen molar-refractivity contribution in [3.05, 3.63) is 29.3 Å². The summed E-state index contributed by atoms with van der Waals surface area (Å²) in [7, 11) is 0. The van der Waals surface area contributed by atoms with Gasteiger partial charge in [0, 0.05) is 12.1 Å². The van der Waals surface area contributed by atoms with Gasteiger partial charge in [-0.05, 0) is 38.9 Å². The van der Waals surface area contributed by atoms with Crippen molar-refractivity contribution >= 4 is 21.6 Å². The van der Waals surface area contributed by atoms with Crippen LogP contribution >= 0.6 is 11.3 Å². The number of hydrogen-bond donors (Lipinski definition) is 2. The van der Waals surface area contributed by atoms with Crippen LogP contribution in [0, 0.1) is 0 Å². The van der Waals surface area contributed by atoms with Gasteiger partial charge < -0.3 is 11.1 Å². The quantitative estimate of drug-likeness (QED) is 0.801. The Balaban J connectivity index is 1.87. The molecule has 0 aliphatic heterocycles. The maximum absolute atomic E-state index is 5.92. The van der Waals surface area contributed by atoms with E-state index in [-0.39, 0.29) is 5.54 Å². The third kappa shape index (κ3) is 3.77. The Bertz CT molecular complexity index is 452. The molecule has 0 radical (unpaired) electrons. The molecule has 0 saturated heterocycles. The second-order valence-corrected chi connectivity index (χ2v) is 6.11. The van der Waals surface area contributed by atoms with E-state index in [0.717, 1.165) is 30.0 Å². The van der Waals surface area contributed by atoms with Gasteiger partial charge in [-0.2, -0.15) is 0 Å². The average Bonchev–Trinajstić information content (AvgIpc) is 2.65. The number of thiazole rings is 1. The predicted octanol–water partition coefficient (Wildman–Crippen LogP) is 2.51. The summed E-state index contributed by atoms with van der Waals surface area (Å²) in [4.78, 5) is 4.57. The molecule has 0 spiro atoms. The van der Waals surface area contributed by atoms with Crippen molar-refractivity contribution in [3.63, 3.8) is 0 Å². The normalized spacial score (nSPS) is 12.2. The molecule has 0 aliphatic rings. The molecule has 0 atom stereocenters. The van der Waals surface area contributed by atoms with Gasteiger partial charge in [-0.15, -0.1) is 11.3 Å². The van der Waals surface area contributed by atoms with E-state index in [1.807, 2.05) is 19.9 Å². The zero-order valence-electron chi connectivity index (χ0n) is 10.4. The number of nitrogens with zero attached hydrogens (tertiary/aromatic N) is 1. The van der Waals surface area contributed by atoms with Gasteiger partial charge in [-0.1, -0.05) is 12.1 Å². The van der Waals surface area contributed by atoms with Crippen molar-refractivity contribution in [2.24, 2.45) is 5.73 Å². The van der Waals surface area contributed by atoms with E-state index < -0.39 is 0 Å². The lowest BCUT2D eigenvalue weighted by atomic mass is 10.0. The van der Waals surface area contributed by atoms with Crippen LogP contribution in [0.2, 0.25) is 0 Å². The first-order valence-electron chi connectivity index (χ1n) is 5.89. The molecule has 1 aromatic heterocycles. The van der Waals surface area contributed by atoms with E-state index in [1.54, 1.807) is 11.3 Å². The SMILES string of the molecule is CC(C)(N)CCNCc1nc2ccccc2s1. The van der Waals surface area contributed by atoms with Crippen LogP contribution in [-0.2, 0) is 6.54 Å². The molecule has 1 aromatic carbocycles. The molecular weight excluding hydrogens is 230 g/mol. The van der Waals surface area contributed by atoms with Crippen LogP contribution in [0.3, 0.4) is 0 Å². The molecule has 0 bridgehead atoms. The van der Waals surface area contributed by atoms with E-state index in [1.165, 1.54) is 4.70 Å². The number of rotatable bonds is 5. The number of nitrogens with one attached hydrogen (secondary N) is 1. The molecule has 0 unspecified atom stereocenters. The molecule has 4 heteroatoms. The van der Waals surface area contributed by atoms with Gasteiger partial charge in [-0.3, -0.25) is 0 Å². The second-order valence-electron chi connectivity index (χ2n) is 4.99. The van der Waals surface area contributed by atoms with Crippen LogP contribution in [0.4, 0.5) is 0 Å². The first-order valence-corrected chi connectivity index (χ1v) is 6.70. The van der Waals surface area contributed by atoms with Crippen molar-refractivity contribution in [3.8, 4) is 0 Å². The van der Waals surface area contributed by atoms with E-state index in [4.69, 9.17) is 5.73 Å². The van der Waals surface area contributed by atoms with Crippen molar-refractivity contribution in [1.82, 2.24) is 10.3 Å². The van der Waals surface area contributed by atoms with Gasteiger partial charge in [0.05, 0.1) is 10.2 Å². The smallest absolute Gasteiger partial charge is 0.108 e. The summed E-state index contributed by atoms with van der Waals surface area (Å²) in [6.45, 7) is 5.85. The number of fused-ring (bicyclic) bond motifs is 1. The summed E-state index contributed by atoms with van der Waals surface area (Å²) in [5, 5.41) is 4.53. The maximum atomic E-state index is 5.92. The largest absolute Gasteiger partial charge is 0.326 e. The van der Waals surface area contributed by atoms with Crippen LogP contribution in [0.5, 0.6) is 0 Å². The van der Waals surface area contributed by atoms with Gasteiger partial charge >= 0.3 is 0 Å². The lowest BCUT2D eigenvalue weighted by Crippen LogP contribution is -2.35. The first kappa shape index (κ1) is 12.5. The zero-order valence-corrected chi connectivity index (χ0v) is 11.2. The van der Waals surface area contributed by atoms with E-state index in [0.29, 0.717) is 0 Å². The summed E-state index contributed by atoms with van der Waals surface area (Å²) in [5.74, 6) is 0. The summed E-state index contributed by atoms with van der Waals surface area (Å²) >= 11 is 1.75. The van der Waals surface area contributed by atoms with Gasteiger partial charge in [0.25, 0.3) is 0 Å². The standard InChI is InChI=1S/C13H19N3S/c1-13(2,14)7-8-15-9-12-16-10-5-3-4-6-11(10)17-12/h3-6,15H,7-9,14H2,1-2H3. The topological polar surface area (TPSA) is 50.9 Å². The van der Waals surface area contributed by atoms with Gasteiger partial charge in [0.15, 0.2) is 0 Å². The Hall–Kier alpha value is -0.970. The minimum Gasteiger partial charge on any atom is -0.326 e. The number of benzene rings is 1. The molecule has 3 nitrogen and oxygen atoms in total. The van der Waals surface area contributed by atoms with E-state index in [2.05, 4.69) is 28.5 Å². The van der Waals surface area contributed by atoms with Crippen molar-refractivity contribution in [2.75, 3.05) is 6.54 Å². The molecular formula is C13H19N3S. The fraction of sp³-hybridized carbons (Fsp3) is 0.462. The molecule has 1 heterocycles. The zero-order chi connectivity index (χ0) is 12.3. The molecule has 3 N–H and O–H groups in total. The lowest BCUT2D eigenvalue weighted by molar-refractivity contribution is 0.455. The van der Waals surface area contributed by atoms with Crippen LogP contribution in [0.25, 0.3) is 10.2 Å². The molecule has 2 aromatic rings. The molecule has 0 amide bonds. The van der Waals surface area contributed by atoms with Crippen LogP contribution in [0.1, 0.15) is 25.3 Å². The lowest BCUT2D eigenvalue weighted by Gasteiger charge is -2.17. The minimum absolute atomic E-state index is 0.0966. The predicted molar refractivity (Wildman–Crippen MR) is 74.2 cm³/mol. The Morgan fingerprint density at radius 1 is 1.35 bits per heavy atom. The molecule has 0 aliphatic carbocycles. The summed E-state index contributed by atoms with van der Waals surface area (Å²) < 4.78 is 1.25. The van der Waals surface area contributed by atoms with Gasteiger partial charge in [0.2, 0.25) is 0 Å². The highest BCUT2D eigenvalue weighted by Crippen LogP contribution is 2.21. The Morgan fingerprint density at radius 3 is 2.82 bits per heavy atom. The van der Waals surface area contributed by atoms with Crippen LogP contribution in [0.15, 0.2) is 24.3 Å². The van der Waals surface area contributed by atoms with Crippen LogP contribution in [-0.4, -0.2) is 17.1 Å². The minimum atomic E-state index is -0.0966. The Labute approximate surface area is 106 Å². The molecule has 17 heavy (non-hydrogen) atoms. The first-order chi connectivity index (χ1) is 8.04.